The molecule has 54 heavy (non-hydrogen) atoms. The number of ether oxygens (including phenoxy) is 1. The van der Waals surface area contributed by atoms with Crippen LogP contribution >= 0.6 is 23.1 Å². The number of thioether (sulfide) groups is 1. The fourth-order valence-corrected chi connectivity index (χ4v) is 8.22. The van der Waals surface area contributed by atoms with Gasteiger partial charge >= 0.3 is 12.6 Å². The Hall–Kier alpha value is -6.27. The largest absolute Gasteiger partial charge is 0.448 e. The summed E-state index contributed by atoms with van der Waals surface area (Å²) >= 11 is 2.08. The quantitative estimate of drug-likeness (QED) is 0.0377. The van der Waals surface area contributed by atoms with Gasteiger partial charge in [0.05, 0.1) is 17.5 Å². The molecule has 14 nitrogen and oxygen atoms in total. The lowest BCUT2D eigenvalue weighted by atomic mass is 9.96. The van der Waals surface area contributed by atoms with Gasteiger partial charge in [-0.25, -0.2) is 9.78 Å². The van der Waals surface area contributed by atoms with Gasteiger partial charge in [-0.3, -0.25) is 24.1 Å². The van der Waals surface area contributed by atoms with E-state index in [1.54, 1.807) is 89.1 Å². The van der Waals surface area contributed by atoms with Gasteiger partial charge in [0.1, 0.15) is 17.6 Å². The zero-order valence-corrected chi connectivity index (χ0v) is 29.5. The Bertz CT molecular complexity index is 2080. The number of β-lactam (4-membered cyclic amide) rings is 1. The van der Waals surface area contributed by atoms with Crippen molar-refractivity contribution in [3.63, 3.8) is 0 Å². The number of carbonyl (C=O) groups excluding carboxylic acids is 5. The molecule has 2 atom stereocenters. The lowest BCUT2D eigenvalue weighted by Crippen LogP contribution is -2.61. The summed E-state index contributed by atoms with van der Waals surface area (Å²) in [5.74, 6) is -2.31. The second-order valence-electron chi connectivity index (χ2n) is 11.4. The van der Waals surface area contributed by atoms with Gasteiger partial charge in [0.2, 0.25) is 18.7 Å². The van der Waals surface area contributed by atoms with Crippen molar-refractivity contribution < 1.29 is 46.9 Å². The Morgan fingerprint density at radius 3 is 2.39 bits per heavy atom. The average Bonchev–Trinajstić information content (AvgIpc) is 3.64. The van der Waals surface area contributed by atoms with Crippen molar-refractivity contribution >= 4 is 70.7 Å². The van der Waals surface area contributed by atoms with E-state index in [2.05, 4.69) is 30.9 Å². The van der Waals surface area contributed by atoms with E-state index < -0.39 is 40.7 Å². The molecular weight excluding hydrogens is 745 g/mol. The number of allylic oxidation sites excluding steroid dienone is 1. The highest BCUT2D eigenvalue weighted by atomic mass is 32.2. The van der Waals surface area contributed by atoms with E-state index in [0.717, 1.165) is 23.1 Å². The number of fused-ring (bicyclic) bond motifs is 1. The third-order valence-corrected chi connectivity index (χ3v) is 10.4. The number of esters is 1. The highest BCUT2D eigenvalue weighted by Crippen LogP contribution is 2.55. The van der Waals surface area contributed by atoms with Crippen molar-refractivity contribution in [2.45, 2.75) is 35.9 Å². The molecule has 2 aliphatic rings. The summed E-state index contributed by atoms with van der Waals surface area (Å²) in [5.41, 5.74) is 1.77. The molecule has 0 radical (unpaired) electrons. The molecule has 2 aliphatic heterocycles. The molecule has 0 spiro atoms. The van der Waals surface area contributed by atoms with Crippen molar-refractivity contribution in [2.75, 3.05) is 10.6 Å². The minimum atomic E-state index is -3.29. The number of alkyl halides is 2. The number of halogens is 2. The Morgan fingerprint density at radius 2 is 1.74 bits per heavy atom. The Morgan fingerprint density at radius 1 is 1.04 bits per heavy atom. The van der Waals surface area contributed by atoms with Crippen LogP contribution in [0.4, 0.5) is 19.6 Å². The number of hydrogen-bond donors (Lipinski definition) is 3. The first-order valence-electron chi connectivity index (χ1n) is 16.1. The summed E-state index contributed by atoms with van der Waals surface area (Å²) in [7, 11) is 0. The second-order valence-corrected chi connectivity index (χ2v) is 13.7. The Kier molecular flexibility index (Phi) is 11.8. The number of oxime groups is 1. The van der Waals surface area contributed by atoms with Gasteiger partial charge in [0.25, 0.3) is 5.91 Å². The Labute approximate surface area is 314 Å². The van der Waals surface area contributed by atoms with Crippen molar-refractivity contribution in [2.24, 2.45) is 5.16 Å². The first-order valence-corrected chi connectivity index (χ1v) is 17.9. The number of benzene rings is 2. The summed E-state index contributed by atoms with van der Waals surface area (Å²) in [5, 5.41) is 11.8. The van der Waals surface area contributed by atoms with Gasteiger partial charge in [-0.1, -0.05) is 83.7 Å². The van der Waals surface area contributed by atoms with Crippen LogP contribution < -0.4 is 20.5 Å². The number of pyridine rings is 1. The summed E-state index contributed by atoms with van der Waals surface area (Å²) in [6, 6.07) is 21.4. The molecule has 276 valence electrons. The molecule has 0 bridgehead atoms. The fraction of sp³-hybridized carbons (Fsp3) is 0.167. The highest BCUT2D eigenvalue weighted by Gasteiger charge is 2.57. The lowest BCUT2D eigenvalue weighted by molar-refractivity contribution is -0.686. The fourth-order valence-electron chi connectivity index (χ4n) is 5.79. The maximum Gasteiger partial charge on any atom is 0.407 e. The van der Waals surface area contributed by atoms with Crippen LogP contribution in [-0.4, -0.2) is 58.7 Å². The molecule has 0 saturated carbocycles. The summed E-state index contributed by atoms with van der Waals surface area (Å²) in [4.78, 5) is 71.9. The maximum absolute atomic E-state index is 14.7. The average molecular weight is 775 g/mol. The van der Waals surface area contributed by atoms with Crippen LogP contribution in [0.5, 0.6) is 0 Å². The molecule has 1 unspecified atom stereocenters. The van der Waals surface area contributed by atoms with Crippen molar-refractivity contribution in [1.29, 1.82) is 0 Å². The van der Waals surface area contributed by atoms with Crippen molar-refractivity contribution in [1.82, 2.24) is 15.2 Å². The molecule has 4 amide bonds. The molecule has 1 saturated heterocycles. The molecule has 4 heterocycles. The molecule has 2 aromatic heterocycles. The number of thiazole rings is 1. The lowest BCUT2D eigenvalue weighted by Gasteiger charge is -2.51. The number of rotatable bonds is 16. The molecule has 6 rings (SSSR count). The highest BCUT2D eigenvalue weighted by molar-refractivity contribution is 8.01. The van der Waals surface area contributed by atoms with E-state index in [1.807, 2.05) is 12.1 Å². The van der Waals surface area contributed by atoms with Crippen LogP contribution in [-0.2, 0) is 45.0 Å². The Balaban J connectivity index is 1.53. The van der Waals surface area contributed by atoms with Crippen molar-refractivity contribution in [3.05, 3.63) is 131 Å². The van der Waals surface area contributed by atoms with E-state index in [0.29, 0.717) is 35.8 Å². The molecular formula is C36H30F2N7O7S2+. The minimum Gasteiger partial charge on any atom is -0.448 e. The number of nitrogens with zero attached hydrogens (tertiary/aromatic N) is 4. The van der Waals surface area contributed by atoms with E-state index >= 15 is 0 Å². The smallest absolute Gasteiger partial charge is 0.407 e. The van der Waals surface area contributed by atoms with Crippen LogP contribution in [0.15, 0.2) is 119 Å². The molecule has 0 aliphatic carbocycles. The maximum atomic E-state index is 14.7. The van der Waals surface area contributed by atoms with Gasteiger partial charge in [-0.05, 0) is 23.3 Å². The van der Waals surface area contributed by atoms with Gasteiger partial charge in [-0.2, -0.15) is 13.3 Å². The summed E-state index contributed by atoms with van der Waals surface area (Å²) in [6.45, 7) is -3.13. The topological polar surface area (TPSA) is 172 Å². The zero-order valence-electron chi connectivity index (χ0n) is 27.9. The summed E-state index contributed by atoms with van der Waals surface area (Å²) in [6.07, 6.45) is 7.06. The molecule has 1 fully saturated rings. The van der Waals surface area contributed by atoms with E-state index in [1.165, 1.54) is 11.0 Å². The number of aromatic nitrogens is 2. The first-order chi connectivity index (χ1) is 26.2. The second kappa shape index (κ2) is 17.0. The van der Waals surface area contributed by atoms with Gasteiger partial charge in [-0.15, -0.1) is 11.3 Å². The van der Waals surface area contributed by atoms with Crippen LogP contribution in [0.2, 0.25) is 0 Å². The summed E-state index contributed by atoms with van der Waals surface area (Å²) < 4.78 is 33.5. The van der Waals surface area contributed by atoms with Gasteiger partial charge in [0, 0.05) is 17.0 Å². The van der Waals surface area contributed by atoms with Gasteiger partial charge in [0.15, 0.2) is 35.0 Å². The molecule has 2 aromatic carbocycles. The molecule has 3 N–H and O–H groups in total. The number of carbonyl (C=O) groups is 5. The van der Waals surface area contributed by atoms with Crippen LogP contribution in [0.25, 0.3) is 0 Å². The normalized spacial score (nSPS) is 18.0. The molecule has 18 heteroatoms. The first kappa shape index (κ1) is 37.5. The standard InChI is InChI=1S/C36H29F2N7O7S2/c37-34(38)52-41-18-28(48)43-36(27-20-53-35(42-27)40-22-47)26(14-8-16-44-15-7-13-25(19-44)39-21-46)31(45-29(49)17-30(45)54-36)33(50)51-32(23-9-3-1-4-10-23)24-11-5-2-6-12-24/h1-15,18-22,30,32,34H,16-17H2,(H2-,39,40,42,43,46,47,48)/p+1/b14-8-,41-18?/t30-,36?/m0/s1. The minimum absolute atomic E-state index is 0.0323. The predicted molar refractivity (Wildman–Crippen MR) is 193 cm³/mol. The number of hydrogen-bond acceptors (Lipinski definition) is 11. The SMILES string of the molecule is O=CNc1ccc[n+](C/C=C\C2=C(C(=O)OC(c3ccccc3)c3ccccc3)N3C(=O)C[C@@H]3SC2(NC(=O)C=NOC(F)F)c2csc(NC=O)n2)c1. The predicted octanol–water partition coefficient (Wildman–Crippen LogP) is 4.21. The zero-order chi connectivity index (χ0) is 38.1. The van der Waals surface area contributed by atoms with Gasteiger partial charge < -0.3 is 25.5 Å². The third-order valence-electron chi connectivity index (χ3n) is 8.06. The van der Waals surface area contributed by atoms with E-state index in [9.17, 15) is 32.8 Å². The van der Waals surface area contributed by atoms with E-state index in [-0.39, 0.29) is 35.1 Å². The number of anilines is 2. The van der Waals surface area contributed by atoms with Crippen LogP contribution in [0.3, 0.4) is 0 Å². The van der Waals surface area contributed by atoms with E-state index in [4.69, 9.17) is 4.74 Å². The van der Waals surface area contributed by atoms with Crippen LogP contribution in [0, 0.1) is 0 Å². The van der Waals surface area contributed by atoms with Crippen LogP contribution in [0.1, 0.15) is 29.3 Å². The monoisotopic (exact) mass is 774 g/mol. The molecule has 4 aromatic rings. The third kappa shape index (κ3) is 8.34. The van der Waals surface area contributed by atoms with Crippen molar-refractivity contribution in [3.8, 4) is 0 Å². The number of amides is 4. The number of nitrogens with one attached hydrogen (secondary N) is 3.